The van der Waals surface area contributed by atoms with Gasteiger partial charge in [0, 0.05) is 32.6 Å². The lowest BCUT2D eigenvalue weighted by Gasteiger charge is -2.35. The molecule has 0 saturated carbocycles. The van der Waals surface area contributed by atoms with Crippen molar-refractivity contribution in [2.45, 2.75) is 32.1 Å². The first-order valence-corrected chi connectivity index (χ1v) is 11.3. The van der Waals surface area contributed by atoms with E-state index in [2.05, 4.69) is 0 Å². The van der Waals surface area contributed by atoms with E-state index in [4.69, 9.17) is 10.1 Å². The summed E-state index contributed by atoms with van der Waals surface area (Å²) in [5, 5.41) is 17.3. The zero-order chi connectivity index (χ0) is 21.9. The third-order valence-electron chi connectivity index (χ3n) is 5.07. The van der Waals surface area contributed by atoms with Crippen molar-refractivity contribution < 1.29 is 13.2 Å². The van der Waals surface area contributed by atoms with Crippen LogP contribution < -0.4 is 4.74 Å². The van der Waals surface area contributed by atoms with Crippen molar-refractivity contribution in [2.75, 3.05) is 26.2 Å². The molecule has 0 unspecified atom stereocenters. The highest BCUT2D eigenvalue weighted by Crippen LogP contribution is 2.33. The predicted molar refractivity (Wildman–Crippen MR) is 115 cm³/mol. The Balaban J connectivity index is 1.93. The molecule has 0 radical (unpaired) electrons. The van der Waals surface area contributed by atoms with E-state index in [1.807, 2.05) is 49.9 Å². The molecule has 1 saturated heterocycles. The van der Waals surface area contributed by atoms with E-state index in [0.29, 0.717) is 31.1 Å². The second kappa shape index (κ2) is 8.86. The Morgan fingerprint density at radius 1 is 1.10 bits per heavy atom. The summed E-state index contributed by atoms with van der Waals surface area (Å²) in [6.45, 7) is 7.31. The summed E-state index contributed by atoms with van der Waals surface area (Å²) < 4.78 is 34.2. The highest BCUT2D eigenvalue weighted by Gasteiger charge is 2.32. The molecular weight excluding hydrogens is 400 g/mol. The minimum atomic E-state index is -3.86. The van der Waals surface area contributed by atoms with Crippen molar-refractivity contribution in [3.63, 3.8) is 0 Å². The second-order valence-corrected chi connectivity index (χ2v) is 9.30. The standard InChI is InChI=1S/C22H26N4O3S/c1-4-22(24)25-7-9-26(10-8-25)30(27,28)21-14-18(15-23)5-6-20(21)29-19-12-16(2)11-17(3)13-19/h5-6,11-14,24H,4,7-10H2,1-3H3. The Labute approximate surface area is 178 Å². The van der Waals surface area contributed by atoms with Crippen molar-refractivity contribution in [2.24, 2.45) is 0 Å². The molecule has 2 aromatic carbocycles. The summed E-state index contributed by atoms with van der Waals surface area (Å²) in [6.07, 6.45) is 0.616. The smallest absolute Gasteiger partial charge is 0.246 e. The molecular formula is C22H26N4O3S. The highest BCUT2D eigenvalue weighted by atomic mass is 32.2. The summed E-state index contributed by atoms with van der Waals surface area (Å²) in [5.41, 5.74) is 2.28. The number of nitrogens with one attached hydrogen (secondary N) is 1. The maximum Gasteiger partial charge on any atom is 0.246 e. The number of piperazine rings is 1. The van der Waals surface area contributed by atoms with E-state index in [-0.39, 0.29) is 29.3 Å². The van der Waals surface area contributed by atoms with Crippen molar-refractivity contribution in [3.05, 3.63) is 53.1 Å². The fourth-order valence-electron chi connectivity index (χ4n) is 3.54. The number of amidine groups is 1. The van der Waals surface area contributed by atoms with Crippen LogP contribution in [-0.2, 0) is 10.0 Å². The van der Waals surface area contributed by atoms with Crippen LogP contribution in [0, 0.1) is 30.6 Å². The number of hydrogen-bond donors (Lipinski definition) is 1. The van der Waals surface area contributed by atoms with Crippen LogP contribution in [0.25, 0.3) is 0 Å². The lowest BCUT2D eigenvalue weighted by molar-refractivity contribution is 0.261. The summed E-state index contributed by atoms with van der Waals surface area (Å²) >= 11 is 0. The summed E-state index contributed by atoms with van der Waals surface area (Å²) in [5.74, 6) is 1.26. The Bertz CT molecular complexity index is 1080. The van der Waals surface area contributed by atoms with Crippen molar-refractivity contribution in [1.82, 2.24) is 9.21 Å². The van der Waals surface area contributed by atoms with Crippen LogP contribution in [0.2, 0.25) is 0 Å². The molecule has 30 heavy (non-hydrogen) atoms. The van der Waals surface area contributed by atoms with Crippen molar-refractivity contribution in [1.29, 1.82) is 10.7 Å². The average Bonchev–Trinajstić information content (AvgIpc) is 2.72. The lowest BCUT2D eigenvalue weighted by Crippen LogP contribution is -2.50. The monoisotopic (exact) mass is 426 g/mol. The van der Waals surface area contributed by atoms with Gasteiger partial charge in [-0.25, -0.2) is 8.42 Å². The van der Waals surface area contributed by atoms with E-state index in [1.54, 1.807) is 6.07 Å². The van der Waals surface area contributed by atoms with E-state index in [0.717, 1.165) is 11.1 Å². The van der Waals surface area contributed by atoms with E-state index in [1.165, 1.54) is 16.4 Å². The molecule has 0 spiro atoms. The normalized spacial score (nSPS) is 14.9. The number of sulfonamides is 1. The van der Waals surface area contributed by atoms with E-state index in [9.17, 15) is 13.7 Å². The van der Waals surface area contributed by atoms with Crippen LogP contribution in [0.3, 0.4) is 0 Å². The average molecular weight is 427 g/mol. The minimum Gasteiger partial charge on any atom is -0.456 e. The molecule has 1 fully saturated rings. The largest absolute Gasteiger partial charge is 0.456 e. The fraction of sp³-hybridized carbons (Fsp3) is 0.364. The molecule has 1 aliphatic heterocycles. The number of nitriles is 1. The van der Waals surface area contributed by atoms with Gasteiger partial charge in [0.15, 0.2) is 0 Å². The van der Waals surface area contributed by atoms with Crippen LogP contribution in [0.1, 0.15) is 30.0 Å². The van der Waals surface area contributed by atoms with Gasteiger partial charge in [0.1, 0.15) is 16.4 Å². The molecule has 0 amide bonds. The van der Waals surface area contributed by atoms with Gasteiger partial charge in [-0.3, -0.25) is 5.41 Å². The molecule has 1 heterocycles. The predicted octanol–water partition coefficient (Wildman–Crippen LogP) is 3.66. The van der Waals surface area contributed by atoms with Crippen LogP contribution in [0.4, 0.5) is 0 Å². The molecule has 0 aromatic heterocycles. The zero-order valence-electron chi connectivity index (χ0n) is 17.5. The summed E-state index contributed by atoms with van der Waals surface area (Å²) in [7, 11) is -3.86. The number of rotatable bonds is 5. The Morgan fingerprint density at radius 3 is 2.30 bits per heavy atom. The van der Waals surface area contributed by atoms with Gasteiger partial charge in [0.05, 0.1) is 17.5 Å². The molecule has 0 aliphatic carbocycles. The van der Waals surface area contributed by atoms with E-state index >= 15 is 0 Å². The minimum absolute atomic E-state index is 0.0141. The van der Waals surface area contributed by atoms with Crippen LogP contribution in [0.15, 0.2) is 41.3 Å². The summed E-state index contributed by atoms with van der Waals surface area (Å²) in [6, 6.07) is 12.2. The van der Waals surface area contributed by atoms with Crippen molar-refractivity contribution >= 4 is 15.9 Å². The third kappa shape index (κ3) is 4.64. The van der Waals surface area contributed by atoms with Gasteiger partial charge < -0.3 is 9.64 Å². The first-order valence-electron chi connectivity index (χ1n) is 9.87. The zero-order valence-corrected chi connectivity index (χ0v) is 18.3. The molecule has 2 aromatic rings. The van der Waals surface area contributed by atoms with Crippen molar-refractivity contribution in [3.8, 4) is 17.6 Å². The van der Waals surface area contributed by atoms with Crippen LogP contribution >= 0.6 is 0 Å². The first-order chi connectivity index (χ1) is 14.2. The summed E-state index contributed by atoms with van der Waals surface area (Å²) in [4.78, 5) is 1.88. The van der Waals surface area contributed by atoms with Gasteiger partial charge in [-0.15, -0.1) is 0 Å². The van der Waals surface area contributed by atoms with Gasteiger partial charge in [-0.2, -0.15) is 9.57 Å². The quantitative estimate of drug-likeness (QED) is 0.581. The van der Waals surface area contributed by atoms with Gasteiger partial charge in [-0.1, -0.05) is 13.0 Å². The lowest BCUT2D eigenvalue weighted by atomic mass is 10.1. The molecule has 1 aliphatic rings. The number of ether oxygens (including phenoxy) is 1. The van der Waals surface area contributed by atoms with E-state index < -0.39 is 10.0 Å². The van der Waals surface area contributed by atoms with Gasteiger partial charge in [0.25, 0.3) is 0 Å². The molecule has 7 nitrogen and oxygen atoms in total. The maximum atomic E-state index is 13.4. The molecule has 8 heteroatoms. The number of hydrogen-bond acceptors (Lipinski definition) is 5. The van der Waals surface area contributed by atoms with Crippen LogP contribution in [-0.4, -0.2) is 49.6 Å². The van der Waals surface area contributed by atoms with Gasteiger partial charge >= 0.3 is 0 Å². The number of aryl methyl sites for hydroxylation is 2. The Kier molecular flexibility index (Phi) is 6.44. The number of benzene rings is 2. The third-order valence-corrected chi connectivity index (χ3v) is 6.99. The molecule has 1 N–H and O–H groups in total. The maximum absolute atomic E-state index is 13.4. The Morgan fingerprint density at radius 2 is 1.73 bits per heavy atom. The fourth-order valence-corrected chi connectivity index (χ4v) is 5.11. The van der Waals surface area contributed by atoms with Crippen LogP contribution in [0.5, 0.6) is 11.5 Å². The first kappa shape index (κ1) is 21.8. The highest BCUT2D eigenvalue weighted by molar-refractivity contribution is 7.89. The number of nitrogens with zero attached hydrogens (tertiary/aromatic N) is 3. The van der Waals surface area contributed by atoms with Gasteiger partial charge in [0.2, 0.25) is 10.0 Å². The molecule has 0 atom stereocenters. The Hall–Kier alpha value is -2.89. The van der Waals surface area contributed by atoms with Gasteiger partial charge in [-0.05, 0) is 55.3 Å². The second-order valence-electron chi connectivity index (χ2n) is 7.39. The molecule has 3 rings (SSSR count). The topological polar surface area (TPSA) is 97.5 Å². The molecule has 158 valence electrons. The SMILES string of the molecule is CCC(=N)N1CCN(S(=O)(=O)c2cc(C#N)ccc2Oc2cc(C)cc(C)c2)CC1. The molecule has 0 bridgehead atoms.